The molecule has 2 aromatic rings. The molecule has 0 radical (unpaired) electrons. The highest BCUT2D eigenvalue weighted by molar-refractivity contribution is 5.64. The van der Waals surface area contributed by atoms with Crippen LogP contribution in [0.3, 0.4) is 0 Å². The number of piperidine rings is 1. The normalized spacial score (nSPS) is 26.5. The monoisotopic (exact) mass is 451 g/mol. The number of nitrogens with zero attached hydrogens (tertiary/aromatic N) is 4. The van der Waals surface area contributed by atoms with Gasteiger partial charge in [-0.3, -0.25) is 4.90 Å². The van der Waals surface area contributed by atoms with Gasteiger partial charge in [0.25, 0.3) is 0 Å². The second-order valence-corrected chi connectivity index (χ2v) is 9.32. The molecule has 5 rings (SSSR count). The summed E-state index contributed by atoms with van der Waals surface area (Å²) >= 11 is 0. The predicted octanol–water partition coefficient (Wildman–Crippen LogP) is 3.83. The Kier molecular flexibility index (Phi) is 5.32. The molecular weight excluding hydrogens is 423 g/mol. The van der Waals surface area contributed by atoms with Crippen LogP contribution in [0.25, 0.3) is 11.3 Å². The van der Waals surface area contributed by atoms with Crippen molar-refractivity contribution in [3.8, 4) is 17.0 Å². The van der Waals surface area contributed by atoms with Gasteiger partial charge in [-0.1, -0.05) is 13.8 Å². The van der Waals surface area contributed by atoms with Crippen LogP contribution < -0.4 is 10.5 Å². The van der Waals surface area contributed by atoms with Crippen molar-refractivity contribution < 1.29 is 22.6 Å². The summed E-state index contributed by atoms with van der Waals surface area (Å²) in [6, 6.07) is 2.26. The van der Waals surface area contributed by atoms with Crippen LogP contribution in [0.1, 0.15) is 44.5 Å². The number of likely N-dealkylation sites (tertiary alicyclic amines) is 1. The fourth-order valence-corrected chi connectivity index (χ4v) is 5.30. The van der Waals surface area contributed by atoms with Crippen LogP contribution in [0.15, 0.2) is 18.5 Å². The van der Waals surface area contributed by atoms with Gasteiger partial charge in [-0.15, -0.1) is 13.2 Å². The summed E-state index contributed by atoms with van der Waals surface area (Å²) in [5.41, 5.74) is 6.61. The summed E-state index contributed by atoms with van der Waals surface area (Å²) < 4.78 is 49.9. The van der Waals surface area contributed by atoms with Gasteiger partial charge in [-0.05, 0) is 30.7 Å². The van der Waals surface area contributed by atoms with Gasteiger partial charge in [0, 0.05) is 62.3 Å². The Morgan fingerprint density at radius 3 is 2.50 bits per heavy atom. The summed E-state index contributed by atoms with van der Waals surface area (Å²) in [4.78, 5) is 11.3. The molecule has 2 N–H and O–H groups in total. The standard InChI is InChI=1S/C22H28F3N5O2/c1-12(2)21-28-17(13-7-18(20(26)27-8-13)32-22(23,24)25)11-30(21)19-15-9-29(10-16(15)19)14-3-5-31-6-4-14/h7-8,11-12,14-16,19H,3-6,9-10H2,1-2H3,(H2,26,27)/t15-,16+,19+. The molecule has 0 bridgehead atoms. The SMILES string of the molecule is CC(C)c1nc(-c2cnc(N)c(OC(F)(F)F)c2)cn1[C@H]1[C@@H]2CN(C3CCOCC3)C[C@@H]21. The number of imidazole rings is 1. The second-order valence-electron chi connectivity index (χ2n) is 9.32. The zero-order valence-corrected chi connectivity index (χ0v) is 18.2. The van der Waals surface area contributed by atoms with Crippen LogP contribution in [0.2, 0.25) is 0 Å². The van der Waals surface area contributed by atoms with Crippen LogP contribution in [-0.2, 0) is 4.74 Å². The Morgan fingerprint density at radius 1 is 1.19 bits per heavy atom. The van der Waals surface area contributed by atoms with E-state index in [2.05, 4.69) is 33.0 Å². The third-order valence-corrected chi connectivity index (χ3v) is 6.89. The first-order chi connectivity index (χ1) is 15.2. The van der Waals surface area contributed by atoms with Gasteiger partial charge in [-0.2, -0.15) is 0 Å². The van der Waals surface area contributed by atoms with Gasteiger partial charge < -0.3 is 19.8 Å². The number of aromatic nitrogens is 3. The molecule has 3 atom stereocenters. The highest BCUT2D eigenvalue weighted by atomic mass is 19.4. The fourth-order valence-electron chi connectivity index (χ4n) is 5.30. The van der Waals surface area contributed by atoms with Gasteiger partial charge in [0.2, 0.25) is 0 Å². The number of nitrogens with two attached hydrogens (primary N) is 1. The van der Waals surface area contributed by atoms with E-state index in [1.807, 2.05) is 6.20 Å². The van der Waals surface area contributed by atoms with Gasteiger partial charge in [0.1, 0.15) is 5.82 Å². The van der Waals surface area contributed by atoms with Gasteiger partial charge in [0.15, 0.2) is 11.6 Å². The molecule has 0 amide bonds. The summed E-state index contributed by atoms with van der Waals surface area (Å²) in [6.45, 7) is 8.01. The molecule has 7 nitrogen and oxygen atoms in total. The van der Waals surface area contributed by atoms with Crippen molar-refractivity contribution >= 4 is 5.82 Å². The predicted molar refractivity (Wildman–Crippen MR) is 112 cm³/mol. The van der Waals surface area contributed by atoms with Crippen LogP contribution in [0, 0.1) is 11.8 Å². The van der Waals surface area contributed by atoms with Crippen molar-refractivity contribution in [3.63, 3.8) is 0 Å². The first-order valence-corrected chi connectivity index (χ1v) is 11.1. The summed E-state index contributed by atoms with van der Waals surface area (Å²) in [7, 11) is 0. The average Bonchev–Trinajstić information content (AvgIpc) is 3.09. The number of pyridine rings is 1. The van der Waals surface area contributed by atoms with Crippen LogP contribution >= 0.6 is 0 Å². The van der Waals surface area contributed by atoms with Crippen molar-refractivity contribution in [2.45, 2.75) is 51.1 Å². The van der Waals surface area contributed by atoms with E-state index in [1.165, 1.54) is 12.3 Å². The number of alkyl halides is 3. The van der Waals surface area contributed by atoms with Crippen molar-refractivity contribution in [2.24, 2.45) is 11.8 Å². The Hall–Kier alpha value is -2.33. The first kappa shape index (κ1) is 21.5. The molecule has 0 aromatic carbocycles. The van der Waals surface area contributed by atoms with E-state index in [1.54, 1.807) is 0 Å². The number of rotatable bonds is 5. The summed E-state index contributed by atoms with van der Waals surface area (Å²) in [5.74, 6) is 1.49. The molecule has 4 heterocycles. The van der Waals surface area contributed by atoms with Gasteiger partial charge >= 0.3 is 6.36 Å². The highest BCUT2D eigenvalue weighted by Crippen LogP contribution is 2.57. The number of hydrogen-bond acceptors (Lipinski definition) is 6. The Bertz CT molecular complexity index is 974. The molecule has 1 saturated carbocycles. The molecular formula is C22H28F3N5O2. The van der Waals surface area contributed by atoms with Crippen molar-refractivity contribution in [3.05, 3.63) is 24.3 Å². The molecule has 2 aliphatic heterocycles. The van der Waals surface area contributed by atoms with Crippen molar-refractivity contribution in [2.75, 3.05) is 32.0 Å². The Labute approximate surface area is 184 Å². The maximum atomic E-state index is 12.7. The molecule has 3 fully saturated rings. The third-order valence-electron chi connectivity index (χ3n) is 6.89. The molecule has 0 unspecified atom stereocenters. The molecule has 0 spiro atoms. The zero-order chi connectivity index (χ0) is 22.6. The molecule has 32 heavy (non-hydrogen) atoms. The van der Waals surface area contributed by atoms with E-state index < -0.39 is 12.1 Å². The molecule has 3 aliphatic rings. The largest absolute Gasteiger partial charge is 0.573 e. The van der Waals surface area contributed by atoms with E-state index in [9.17, 15) is 13.2 Å². The number of hydrogen-bond donors (Lipinski definition) is 1. The van der Waals surface area contributed by atoms with Crippen LogP contribution in [0.4, 0.5) is 19.0 Å². The third kappa shape index (κ3) is 4.05. The molecule has 174 valence electrons. The van der Waals surface area contributed by atoms with E-state index in [0.717, 1.165) is 45.0 Å². The number of ether oxygens (including phenoxy) is 2. The number of fused-ring (bicyclic) bond motifs is 1. The van der Waals surface area contributed by atoms with E-state index in [-0.39, 0.29) is 11.7 Å². The van der Waals surface area contributed by atoms with Crippen LogP contribution in [-0.4, -0.2) is 58.1 Å². The molecule has 2 saturated heterocycles. The Balaban J connectivity index is 1.36. The topological polar surface area (TPSA) is 78.4 Å². The molecule has 2 aromatic heterocycles. The lowest BCUT2D eigenvalue weighted by Crippen LogP contribution is -2.39. The van der Waals surface area contributed by atoms with Gasteiger partial charge in [-0.25, -0.2) is 9.97 Å². The maximum Gasteiger partial charge on any atom is 0.573 e. The smallest absolute Gasteiger partial charge is 0.402 e. The van der Waals surface area contributed by atoms with Crippen molar-refractivity contribution in [1.29, 1.82) is 0 Å². The lowest BCUT2D eigenvalue weighted by atomic mass is 10.1. The zero-order valence-electron chi connectivity index (χ0n) is 18.2. The van der Waals surface area contributed by atoms with Crippen LogP contribution in [0.5, 0.6) is 5.75 Å². The molecule has 1 aliphatic carbocycles. The van der Waals surface area contributed by atoms with Crippen molar-refractivity contribution in [1.82, 2.24) is 19.4 Å². The average molecular weight is 451 g/mol. The lowest BCUT2D eigenvalue weighted by Gasteiger charge is -2.32. The van der Waals surface area contributed by atoms with E-state index in [4.69, 9.17) is 15.5 Å². The summed E-state index contributed by atoms with van der Waals surface area (Å²) in [6.07, 6.45) is 0.752. The highest BCUT2D eigenvalue weighted by Gasteiger charge is 2.58. The summed E-state index contributed by atoms with van der Waals surface area (Å²) in [5, 5.41) is 0. The van der Waals surface area contributed by atoms with E-state index >= 15 is 0 Å². The maximum absolute atomic E-state index is 12.7. The minimum atomic E-state index is -4.83. The van der Waals surface area contributed by atoms with Gasteiger partial charge in [0.05, 0.1) is 5.69 Å². The van der Waals surface area contributed by atoms with E-state index in [0.29, 0.717) is 35.2 Å². The minimum absolute atomic E-state index is 0.185. The quantitative estimate of drug-likeness (QED) is 0.745. The first-order valence-electron chi connectivity index (χ1n) is 11.1. The minimum Gasteiger partial charge on any atom is -0.402 e. The Morgan fingerprint density at radius 2 is 1.88 bits per heavy atom. The fraction of sp³-hybridized carbons (Fsp3) is 0.636. The number of anilines is 1. The number of halogens is 3. The lowest BCUT2D eigenvalue weighted by molar-refractivity contribution is -0.274. The number of nitrogen functional groups attached to an aromatic ring is 1. The molecule has 10 heteroatoms. The second kappa shape index (κ2) is 7.91.